The zero-order valence-electron chi connectivity index (χ0n) is 6.30. The minimum atomic E-state index is 0.351. The van der Waals surface area contributed by atoms with Crippen molar-refractivity contribution in [2.75, 3.05) is 6.61 Å². The maximum absolute atomic E-state index is 5.20. The van der Waals surface area contributed by atoms with Gasteiger partial charge in [-0.25, -0.2) is 0 Å². The lowest BCUT2D eigenvalue weighted by atomic mass is 10.1. The standard InChI is InChI=1S/C9H9BrO/c1-6-2-3-8(10)7(4-6)9-5-11-9/h2-4,9H,5H2,1H3/t9-/m0/s1. The lowest BCUT2D eigenvalue weighted by molar-refractivity contribution is 0.415. The molecule has 0 spiro atoms. The highest BCUT2D eigenvalue weighted by molar-refractivity contribution is 9.10. The zero-order valence-corrected chi connectivity index (χ0v) is 7.89. The van der Waals surface area contributed by atoms with E-state index in [0.717, 1.165) is 11.1 Å². The van der Waals surface area contributed by atoms with Crippen molar-refractivity contribution in [3.05, 3.63) is 33.8 Å². The van der Waals surface area contributed by atoms with Gasteiger partial charge in [0.15, 0.2) is 0 Å². The maximum atomic E-state index is 5.20. The number of hydrogen-bond donors (Lipinski definition) is 0. The fourth-order valence-electron chi connectivity index (χ4n) is 1.14. The van der Waals surface area contributed by atoms with E-state index in [4.69, 9.17) is 4.74 Å². The minimum Gasteiger partial charge on any atom is -0.368 e. The van der Waals surface area contributed by atoms with Crippen LogP contribution in [-0.4, -0.2) is 6.61 Å². The van der Waals surface area contributed by atoms with E-state index in [-0.39, 0.29) is 0 Å². The lowest BCUT2D eigenvalue weighted by Crippen LogP contribution is -1.83. The molecule has 0 aromatic heterocycles. The molecule has 0 N–H and O–H groups in total. The van der Waals surface area contributed by atoms with Crippen LogP contribution in [-0.2, 0) is 4.74 Å². The van der Waals surface area contributed by atoms with Crippen molar-refractivity contribution in [1.29, 1.82) is 0 Å². The Balaban J connectivity index is 2.42. The molecule has 0 amide bonds. The van der Waals surface area contributed by atoms with Gasteiger partial charge in [0.1, 0.15) is 6.10 Å². The summed E-state index contributed by atoms with van der Waals surface area (Å²) < 4.78 is 6.36. The summed E-state index contributed by atoms with van der Waals surface area (Å²) in [6.07, 6.45) is 0.351. The fraction of sp³-hybridized carbons (Fsp3) is 0.333. The van der Waals surface area contributed by atoms with Crippen LogP contribution in [0, 0.1) is 6.92 Å². The third-order valence-corrected chi connectivity index (χ3v) is 2.55. The molecule has 1 fully saturated rings. The molecule has 11 heavy (non-hydrogen) atoms. The molecule has 1 aromatic carbocycles. The van der Waals surface area contributed by atoms with Crippen LogP contribution in [0.3, 0.4) is 0 Å². The van der Waals surface area contributed by atoms with Crippen LogP contribution < -0.4 is 0 Å². The van der Waals surface area contributed by atoms with Crippen LogP contribution in [0.1, 0.15) is 17.2 Å². The summed E-state index contributed by atoms with van der Waals surface area (Å²) in [7, 11) is 0. The van der Waals surface area contributed by atoms with Gasteiger partial charge in [-0.1, -0.05) is 33.6 Å². The molecule has 1 nitrogen and oxygen atoms in total. The molecule has 0 bridgehead atoms. The van der Waals surface area contributed by atoms with Gasteiger partial charge in [-0.3, -0.25) is 0 Å². The van der Waals surface area contributed by atoms with Crippen molar-refractivity contribution in [3.63, 3.8) is 0 Å². The average Bonchev–Trinajstić information content (AvgIpc) is 2.76. The topological polar surface area (TPSA) is 12.5 Å². The molecular weight excluding hydrogens is 204 g/mol. The van der Waals surface area contributed by atoms with E-state index in [2.05, 4.69) is 41.1 Å². The number of halogens is 1. The Morgan fingerprint density at radius 2 is 2.27 bits per heavy atom. The summed E-state index contributed by atoms with van der Waals surface area (Å²) in [4.78, 5) is 0. The molecule has 2 rings (SSSR count). The molecule has 1 aliphatic rings. The van der Waals surface area contributed by atoms with Gasteiger partial charge in [-0.15, -0.1) is 0 Å². The Hall–Kier alpha value is -0.340. The zero-order chi connectivity index (χ0) is 7.84. The highest BCUT2D eigenvalue weighted by Gasteiger charge is 2.26. The molecule has 58 valence electrons. The number of rotatable bonds is 1. The smallest absolute Gasteiger partial charge is 0.107 e. The van der Waals surface area contributed by atoms with E-state index < -0.39 is 0 Å². The predicted octanol–water partition coefficient (Wildman–Crippen LogP) is 2.83. The van der Waals surface area contributed by atoms with E-state index in [0.29, 0.717) is 6.10 Å². The van der Waals surface area contributed by atoms with Gasteiger partial charge in [-0.05, 0) is 18.6 Å². The number of epoxide rings is 1. The first kappa shape index (κ1) is 7.32. The van der Waals surface area contributed by atoms with Crippen molar-refractivity contribution in [1.82, 2.24) is 0 Å². The van der Waals surface area contributed by atoms with Gasteiger partial charge >= 0.3 is 0 Å². The summed E-state index contributed by atoms with van der Waals surface area (Å²) >= 11 is 3.49. The Bertz CT molecular complexity index is 279. The van der Waals surface area contributed by atoms with Gasteiger partial charge < -0.3 is 4.74 Å². The monoisotopic (exact) mass is 212 g/mol. The molecule has 1 atom stereocenters. The largest absolute Gasteiger partial charge is 0.368 e. The van der Waals surface area contributed by atoms with E-state index in [1.165, 1.54) is 11.1 Å². The summed E-state index contributed by atoms with van der Waals surface area (Å²) in [5.74, 6) is 0. The molecule has 0 unspecified atom stereocenters. The molecule has 1 aliphatic heterocycles. The first-order valence-corrected chi connectivity index (χ1v) is 4.44. The third kappa shape index (κ3) is 1.47. The fourth-order valence-corrected chi connectivity index (χ4v) is 1.64. The second kappa shape index (κ2) is 2.61. The summed E-state index contributed by atoms with van der Waals surface area (Å²) in [5.41, 5.74) is 2.57. The molecule has 1 heterocycles. The number of benzene rings is 1. The highest BCUT2D eigenvalue weighted by Crippen LogP contribution is 2.35. The molecule has 2 heteroatoms. The Morgan fingerprint density at radius 1 is 1.55 bits per heavy atom. The molecule has 0 aliphatic carbocycles. The summed E-state index contributed by atoms with van der Waals surface area (Å²) in [5, 5.41) is 0. The Morgan fingerprint density at radius 3 is 2.91 bits per heavy atom. The maximum Gasteiger partial charge on any atom is 0.107 e. The molecule has 0 saturated carbocycles. The molecule has 1 aromatic rings. The van der Waals surface area contributed by atoms with Gasteiger partial charge in [0.05, 0.1) is 6.61 Å². The van der Waals surface area contributed by atoms with E-state index in [1.807, 2.05) is 0 Å². The summed E-state index contributed by atoms with van der Waals surface area (Å²) in [6, 6.07) is 6.34. The SMILES string of the molecule is Cc1ccc(Br)c([C@@H]2CO2)c1. The van der Waals surface area contributed by atoms with Gasteiger partial charge in [0, 0.05) is 4.47 Å². The Labute approximate surface area is 74.5 Å². The average molecular weight is 213 g/mol. The quantitative estimate of drug-likeness (QED) is 0.653. The predicted molar refractivity (Wildman–Crippen MR) is 47.6 cm³/mol. The van der Waals surface area contributed by atoms with Crippen LogP contribution in [0.4, 0.5) is 0 Å². The highest BCUT2D eigenvalue weighted by atomic mass is 79.9. The van der Waals surface area contributed by atoms with Crippen LogP contribution in [0.25, 0.3) is 0 Å². The first-order chi connectivity index (χ1) is 5.27. The van der Waals surface area contributed by atoms with Crippen LogP contribution in [0.2, 0.25) is 0 Å². The van der Waals surface area contributed by atoms with Gasteiger partial charge in [0.2, 0.25) is 0 Å². The van der Waals surface area contributed by atoms with E-state index in [1.54, 1.807) is 0 Å². The number of ether oxygens (including phenoxy) is 1. The number of aryl methyl sites for hydroxylation is 1. The normalized spacial score (nSPS) is 21.8. The Kier molecular flexibility index (Phi) is 1.74. The lowest BCUT2D eigenvalue weighted by Gasteiger charge is -2.00. The second-order valence-corrected chi connectivity index (χ2v) is 3.70. The molecular formula is C9H9BrO. The first-order valence-electron chi connectivity index (χ1n) is 3.65. The van der Waals surface area contributed by atoms with Crippen molar-refractivity contribution < 1.29 is 4.74 Å². The number of hydrogen-bond acceptors (Lipinski definition) is 1. The minimum absolute atomic E-state index is 0.351. The van der Waals surface area contributed by atoms with Gasteiger partial charge in [0.25, 0.3) is 0 Å². The van der Waals surface area contributed by atoms with Crippen LogP contribution in [0.5, 0.6) is 0 Å². The van der Waals surface area contributed by atoms with E-state index >= 15 is 0 Å². The summed E-state index contributed by atoms with van der Waals surface area (Å²) in [6.45, 7) is 2.97. The van der Waals surface area contributed by atoms with Crippen molar-refractivity contribution in [2.24, 2.45) is 0 Å². The second-order valence-electron chi connectivity index (χ2n) is 2.85. The van der Waals surface area contributed by atoms with Gasteiger partial charge in [-0.2, -0.15) is 0 Å². The van der Waals surface area contributed by atoms with Crippen molar-refractivity contribution in [2.45, 2.75) is 13.0 Å². The van der Waals surface area contributed by atoms with Crippen LogP contribution >= 0.6 is 15.9 Å². The third-order valence-electron chi connectivity index (χ3n) is 1.83. The van der Waals surface area contributed by atoms with Crippen LogP contribution in [0.15, 0.2) is 22.7 Å². The molecule has 1 saturated heterocycles. The van der Waals surface area contributed by atoms with E-state index in [9.17, 15) is 0 Å². The van der Waals surface area contributed by atoms with Crippen molar-refractivity contribution in [3.8, 4) is 0 Å². The van der Waals surface area contributed by atoms with Crippen molar-refractivity contribution >= 4 is 15.9 Å². The molecule has 0 radical (unpaired) electrons.